The van der Waals surface area contributed by atoms with E-state index < -0.39 is 0 Å². The first-order chi connectivity index (χ1) is 6.69. The van der Waals surface area contributed by atoms with Gasteiger partial charge in [-0.15, -0.1) is 0 Å². The average Bonchev–Trinajstić information content (AvgIpc) is 2.20. The summed E-state index contributed by atoms with van der Waals surface area (Å²) in [5.74, 6) is 1.02. The zero-order chi connectivity index (χ0) is 10.6. The highest BCUT2D eigenvalue weighted by Crippen LogP contribution is 2.16. The van der Waals surface area contributed by atoms with Crippen LogP contribution in [-0.4, -0.2) is 18.1 Å². The first-order valence-electron chi connectivity index (χ1n) is 5.15. The Morgan fingerprint density at radius 1 is 1.43 bits per heavy atom. The van der Waals surface area contributed by atoms with Crippen LogP contribution in [0.4, 0.5) is 5.82 Å². The molecule has 1 heterocycles. The van der Waals surface area contributed by atoms with Gasteiger partial charge >= 0.3 is 0 Å². The van der Waals surface area contributed by atoms with Crippen LogP contribution < -0.4 is 10.6 Å². The van der Waals surface area contributed by atoms with Gasteiger partial charge in [-0.05, 0) is 38.5 Å². The van der Waals surface area contributed by atoms with E-state index in [2.05, 4.69) is 29.8 Å². The molecular formula is C11H19N3. The molecule has 0 spiro atoms. The van der Waals surface area contributed by atoms with E-state index >= 15 is 0 Å². The molecule has 0 aromatic carbocycles. The molecule has 1 aromatic heterocycles. The van der Waals surface area contributed by atoms with Gasteiger partial charge in [0.15, 0.2) is 0 Å². The number of nitrogens with two attached hydrogens (primary N) is 1. The second-order valence-corrected chi connectivity index (χ2v) is 3.41. The molecule has 3 nitrogen and oxygen atoms in total. The molecule has 14 heavy (non-hydrogen) atoms. The lowest BCUT2D eigenvalue weighted by Crippen LogP contribution is -2.23. The van der Waals surface area contributed by atoms with Crippen LogP contribution >= 0.6 is 0 Å². The number of hydrogen-bond acceptors (Lipinski definition) is 3. The topological polar surface area (TPSA) is 42.1 Å². The minimum Gasteiger partial charge on any atom is -0.357 e. The quantitative estimate of drug-likeness (QED) is 0.794. The van der Waals surface area contributed by atoms with Gasteiger partial charge in [0.25, 0.3) is 0 Å². The van der Waals surface area contributed by atoms with Gasteiger partial charge in [0.1, 0.15) is 5.82 Å². The standard InChI is InChI=1S/C11H19N3/c1-4-14(5-2)11-8-10(9(3)12)6-7-13-11/h6-9H,4-5,12H2,1-3H3/t9-/m1/s1. The fourth-order valence-corrected chi connectivity index (χ4v) is 1.44. The van der Waals surface area contributed by atoms with Crippen molar-refractivity contribution in [1.82, 2.24) is 4.98 Å². The normalized spacial score (nSPS) is 12.6. The van der Waals surface area contributed by atoms with Gasteiger partial charge in [0.2, 0.25) is 0 Å². The molecule has 0 amide bonds. The molecular weight excluding hydrogens is 174 g/mol. The molecule has 0 aliphatic carbocycles. The number of pyridine rings is 1. The van der Waals surface area contributed by atoms with E-state index in [1.165, 1.54) is 0 Å². The molecule has 2 N–H and O–H groups in total. The second kappa shape index (κ2) is 4.96. The monoisotopic (exact) mass is 193 g/mol. The summed E-state index contributed by atoms with van der Waals surface area (Å²) in [5, 5.41) is 0. The van der Waals surface area contributed by atoms with Crippen molar-refractivity contribution in [2.24, 2.45) is 5.73 Å². The van der Waals surface area contributed by atoms with Crippen molar-refractivity contribution in [3.05, 3.63) is 23.9 Å². The molecule has 3 heteroatoms. The summed E-state index contributed by atoms with van der Waals surface area (Å²) in [6, 6.07) is 4.11. The second-order valence-electron chi connectivity index (χ2n) is 3.41. The Labute approximate surface area is 85.9 Å². The lowest BCUT2D eigenvalue weighted by molar-refractivity contribution is 0.802. The highest BCUT2D eigenvalue weighted by Gasteiger charge is 2.05. The summed E-state index contributed by atoms with van der Waals surface area (Å²) in [4.78, 5) is 6.55. The van der Waals surface area contributed by atoms with E-state index in [1.54, 1.807) is 0 Å². The summed E-state index contributed by atoms with van der Waals surface area (Å²) in [7, 11) is 0. The van der Waals surface area contributed by atoms with Gasteiger partial charge in [-0.25, -0.2) is 4.98 Å². The highest BCUT2D eigenvalue weighted by atomic mass is 15.2. The fourth-order valence-electron chi connectivity index (χ4n) is 1.44. The third kappa shape index (κ3) is 2.45. The number of aromatic nitrogens is 1. The van der Waals surface area contributed by atoms with Crippen LogP contribution in [0, 0.1) is 0 Å². The van der Waals surface area contributed by atoms with E-state index in [1.807, 2.05) is 19.2 Å². The van der Waals surface area contributed by atoms with Crippen molar-refractivity contribution in [3.63, 3.8) is 0 Å². The predicted octanol–water partition coefficient (Wildman–Crippen LogP) is 1.95. The van der Waals surface area contributed by atoms with Gasteiger partial charge in [-0.1, -0.05) is 0 Å². The van der Waals surface area contributed by atoms with Crippen molar-refractivity contribution in [2.45, 2.75) is 26.8 Å². The van der Waals surface area contributed by atoms with Crippen LogP contribution in [-0.2, 0) is 0 Å². The first-order valence-corrected chi connectivity index (χ1v) is 5.15. The first kappa shape index (κ1) is 11.0. The van der Waals surface area contributed by atoms with Crippen LogP contribution in [0.15, 0.2) is 18.3 Å². The minimum atomic E-state index is 0.0762. The summed E-state index contributed by atoms with van der Waals surface area (Å²) in [6.45, 7) is 8.20. The van der Waals surface area contributed by atoms with Crippen molar-refractivity contribution in [2.75, 3.05) is 18.0 Å². The predicted molar refractivity (Wildman–Crippen MR) is 60.4 cm³/mol. The van der Waals surface area contributed by atoms with Crippen molar-refractivity contribution in [1.29, 1.82) is 0 Å². The van der Waals surface area contributed by atoms with E-state index in [0.717, 1.165) is 24.5 Å². The maximum Gasteiger partial charge on any atom is 0.128 e. The minimum absolute atomic E-state index is 0.0762. The number of hydrogen-bond donors (Lipinski definition) is 1. The molecule has 0 bridgehead atoms. The Kier molecular flexibility index (Phi) is 3.89. The third-order valence-corrected chi connectivity index (χ3v) is 2.38. The van der Waals surface area contributed by atoms with Crippen LogP contribution in [0.25, 0.3) is 0 Å². The molecule has 0 aliphatic rings. The fraction of sp³-hybridized carbons (Fsp3) is 0.545. The lowest BCUT2D eigenvalue weighted by Gasteiger charge is -2.20. The lowest BCUT2D eigenvalue weighted by atomic mass is 10.1. The highest BCUT2D eigenvalue weighted by molar-refractivity contribution is 5.41. The summed E-state index contributed by atoms with van der Waals surface area (Å²) in [6.07, 6.45) is 1.83. The van der Waals surface area contributed by atoms with Crippen LogP contribution in [0.5, 0.6) is 0 Å². The van der Waals surface area contributed by atoms with E-state index in [9.17, 15) is 0 Å². The van der Waals surface area contributed by atoms with Gasteiger partial charge in [0.05, 0.1) is 0 Å². The maximum atomic E-state index is 5.82. The van der Waals surface area contributed by atoms with Gasteiger partial charge < -0.3 is 10.6 Å². The van der Waals surface area contributed by atoms with Gasteiger partial charge in [0, 0.05) is 25.3 Å². The molecule has 0 saturated heterocycles. The van der Waals surface area contributed by atoms with Crippen molar-refractivity contribution >= 4 is 5.82 Å². The molecule has 0 unspecified atom stereocenters. The van der Waals surface area contributed by atoms with Gasteiger partial charge in [-0.2, -0.15) is 0 Å². The molecule has 1 aromatic rings. The Morgan fingerprint density at radius 2 is 2.07 bits per heavy atom. The van der Waals surface area contributed by atoms with Gasteiger partial charge in [-0.3, -0.25) is 0 Å². The Balaban J connectivity index is 2.92. The van der Waals surface area contributed by atoms with E-state index in [4.69, 9.17) is 5.73 Å². The largest absolute Gasteiger partial charge is 0.357 e. The Morgan fingerprint density at radius 3 is 2.57 bits per heavy atom. The molecule has 1 atom stereocenters. The van der Waals surface area contributed by atoms with Crippen LogP contribution in [0.1, 0.15) is 32.4 Å². The van der Waals surface area contributed by atoms with E-state index in [0.29, 0.717) is 0 Å². The molecule has 0 fully saturated rings. The maximum absolute atomic E-state index is 5.82. The van der Waals surface area contributed by atoms with Crippen LogP contribution in [0.2, 0.25) is 0 Å². The average molecular weight is 193 g/mol. The van der Waals surface area contributed by atoms with E-state index in [-0.39, 0.29) is 6.04 Å². The molecule has 78 valence electrons. The number of rotatable bonds is 4. The molecule has 0 radical (unpaired) electrons. The third-order valence-electron chi connectivity index (χ3n) is 2.38. The van der Waals surface area contributed by atoms with Crippen molar-refractivity contribution < 1.29 is 0 Å². The summed E-state index contributed by atoms with van der Waals surface area (Å²) >= 11 is 0. The molecule has 0 aliphatic heterocycles. The number of anilines is 1. The zero-order valence-corrected chi connectivity index (χ0v) is 9.20. The summed E-state index contributed by atoms with van der Waals surface area (Å²) in [5.41, 5.74) is 6.96. The number of nitrogens with zero attached hydrogens (tertiary/aromatic N) is 2. The molecule has 1 rings (SSSR count). The Bertz CT molecular complexity index is 280. The Hall–Kier alpha value is -1.09. The van der Waals surface area contributed by atoms with Crippen molar-refractivity contribution in [3.8, 4) is 0 Å². The van der Waals surface area contributed by atoms with Crippen LogP contribution in [0.3, 0.4) is 0 Å². The zero-order valence-electron chi connectivity index (χ0n) is 9.20. The molecule has 0 saturated carbocycles. The summed E-state index contributed by atoms with van der Waals surface area (Å²) < 4.78 is 0. The SMILES string of the molecule is CCN(CC)c1cc([C@@H](C)N)ccn1. The smallest absolute Gasteiger partial charge is 0.128 e.